The summed E-state index contributed by atoms with van der Waals surface area (Å²) in [4.78, 5) is 31.1. The van der Waals surface area contributed by atoms with Crippen LogP contribution in [-0.4, -0.2) is 63.2 Å². The lowest BCUT2D eigenvalue weighted by Gasteiger charge is -2.21. The number of fused-ring (bicyclic) bond motifs is 1. The lowest BCUT2D eigenvalue weighted by Crippen LogP contribution is -2.35. The third kappa shape index (κ3) is 2.69. The Labute approximate surface area is 148 Å². The van der Waals surface area contributed by atoms with E-state index in [4.69, 9.17) is 9.63 Å². The van der Waals surface area contributed by atoms with Gasteiger partial charge in [-0.3, -0.25) is 4.79 Å². The molecule has 2 aromatic rings. The van der Waals surface area contributed by atoms with Gasteiger partial charge in [0, 0.05) is 38.0 Å². The fourth-order valence-corrected chi connectivity index (χ4v) is 3.80. The molecule has 0 bridgehead atoms. The van der Waals surface area contributed by atoms with Crippen LogP contribution in [0.2, 0.25) is 0 Å². The first kappa shape index (κ1) is 16.5. The van der Waals surface area contributed by atoms with Crippen LogP contribution in [-0.2, 0) is 0 Å². The normalized spacial score (nSPS) is 21.9. The molecule has 0 aliphatic carbocycles. The van der Waals surface area contributed by atoms with Gasteiger partial charge in [0.1, 0.15) is 5.82 Å². The molecule has 2 amide bonds. The summed E-state index contributed by atoms with van der Waals surface area (Å²) >= 11 is 0. The van der Waals surface area contributed by atoms with Crippen LogP contribution in [0.25, 0.3) is 11.5 Å². The minimum absolute atomic E-state index is 0.00215. The van der Waals surface area contributed by atoms with Gasteiger partial charge >= 0.3 is 6.09 Å². The number of hydrogen-bond donors (Lipinski definition) is 1. The van der Waals surface area contributed by atoms with E-state index in [1.807, 2.05) is 0 Å². The Balaban J connectivity index is 1.59. The molecule has 1 aromatic heterocycles. The minimum Gasteiger partial charge on any atom is -0.465 e. The van der Waals surface area contributed by atoms with E-state index in [9.17, 15) is 14.0 Å². The van der Waals surface area contributed by atoms with Gasteiger partial charge in [0.05, 0.1) is 11.1 Å². The third-order valence-electron chi connectivity index (χ3n) is 5.03. The first-order valence-corrected chi connectivity index (χ1v) is 8.30. The van der Waals surface area contributed by atoms with Crippen molar-refractivity contribution >= 4 is 12.0 Å². The maximum Gasteiger partial charge on any atom is 0.407 e. The van der Waals surface area contributed by atoms with Crippen LogP contribution in [0.4, 0.5) is 9.18 Å². The molecule has 26 heavy (non-hydrogen) atoms. The molecule has 2 atom stereocenters. The van der Waals surface area contributed by atoms with E-state index in [0.717, 1.165) is 0 Å². The molecule has 8 nitrogen and oxygen atoms in total. The molecule has 2 unspecified atom stereocenters. The number of amides is 2. The van der Waals surface area contributed by atoms with Gasteiger partial charge in [0.15, 0.2) is 5.82 Å². The number of carboxylic acid groups (broad SMARTS) is 1. The number of hydrogen-bond acceptors (Lipinski definition) is 5. The molecule has 136 valence electrons. The Bertz CT molecular complexity index is 869. The second-order valence-corrected chi connectivity index (χ2v) is 6.73. The van der Waals surface area contributed by atoms with Crippen molar-refractivity contribution in [3.8, 4) is 11.5 Å². The van der Waals surface area contributed by atoms with Crippen molar-refractivity contribution in [3.05, 3.63) is 35.4 Å². The molecular weight excluding hydrogens is 343 g/mol. The highest BCUT2D eigenvalue weighted by atomic mass is 19.1. The quantitative estimate of drug-likeness (QED) is 0.878. The predicted octanol–water partition coefficient (Wildman–Crippen LogP) is 1.87. The number of nitrogens with zero attached hydrogens (tertiary/aromatic N) is 4. The largest absolute Gasteiger partial charge is 0.465 e. The summed E-state index contributed by atoms with van der Waals surface area (Å²) in [6.07, 6.45) is -0.934. The third-order valence-corrected chi connectivity index (χ3v) is 5.03. The fraction of sp³-hybridized carbons (Fsp3) is 0.412. The number of carbonyl (C=O) groups is 2. The van der Waals surface area contributed by atoms with Crippen molar-refractivity contribution < 1.29 is 23.6 Å². The van der Waals surface area contributed by atoms with E-state index in [0.29, 0.717) is 32.0 Å². The van der Waals surface area contributed by atoms with Crippen LogP contribution in [0.1, 0.15) is 16.2 Å². The molecule has 2 fully saturated rings. The molecule has 0 radical (unpaired) electrons. The summed E-state index contributed by atoms with van der Waals surface area (Å²) in [6.45, 7) is 3.36. The predicted molar refractivity (Wildman–Crippen MR) is 86.9 cm³/mol. The zero-order chi connectivity index (χ0) is 18.4. The van der Waals surface area contributed by atoms with E-state index >= 15 is 0 Å². The summed E-state index contributed by atoms with van der Waals surface area (Å²) < 4.78 is 19.4. The highest BCUT2D eigenvalue weighted by Gasteiger charge is 2.43. The van der Waals surface area contributed by atoms with Crippen molar-refractivity contribution in [2.75, 3.05) is 26.2 Å². The number of halogens is 1. The summed E-state index contributed by atoms with van der Waals surface area (Å²) in [6, 6.07) is 4.26. The molecule has 2 saturated heterocycles. The molecule has 9 heteroatoms. The second kappa shape index (κ2) is 6.08. The standard InChI is InChI=1S/C17H17FN4O4/c1-9-19-15(26-20-9)14-12(3-2-4-13(14)18)16(23)21-5-10-7-22(17(24)25)8-11(10)6-21/h2-4,10-11H,5-8H2,1H3,(H,24,25). The zero-order valence-corrected chi connectivity index (χ0v) is 14.1. The number of benzene rings is 1. The number of aryl methyl sites for hydroxylation is 1. The van der Waals surface area contributed by atoms with Crippen LogP contribution < -0.4 is 0 Å². The van der Waals surface area contributed by atoms with E-state index in [2.05, 4.69) is 10.1 Å². The van der Waals surface area contributed by atoms with Crippen molar-refractivity contribution in [1.82, 2.24) is 19.9 Å². The smallest absolute Gasteiger partial charge is 0.407 e. The Morgan fingerprint density at radius 3 is 2.42 bits per heavy atom. The van der Waals surface area contributed by atoms with E-state index < -0.39 is 11.9 Å². The minimum atomic E-state index is -0.934. The van der Waals surface area contributed by atoms with Crippen LogP contribution in [0.15, 0.2) is 22.7 Å². The van der Waals surface area contributed by atoms with Gasteiger partial charge in [-0.05, 0) is 19.1 Å². The van der Waals surface area contributed by atoms with E-state index in [1.54, 1.807) is 11.8 Å². The highest BCUT2D eigenvalue weighted by Crippen LogP contribution is 2.33. The molecule has 0 saturated carbocycles. The molecule has 4 rings (SSSR count). The molecule has 1 N–H and O–H groups in total. The van der Waals surface area contributed by atoms with Gasteiger partial charge in [-0.25, -0.2) is 9.18 Å². The number of carbonyl (C=O) groups excluding carboxylic acids is 1. The van der Waals surface area contributed by atoms with E-state index in [-0.39, 0.29) is 34.8 Å². The van der Waals surface area contributed by atoms with Crippen LogP contribution in [0, 0.1) is 24.6 Å². The highest BCUT2D eigenvalue weighted by molar-refractivity contribution is 6.00. The summed E-state index contributed by atoms with van der Waals surface area (Å²) in [5.41, 5.74) is 0.172. The maximum absolute atomic E-state index is 14.4. The fourth-order valence-electron chi connectivity index (χ4n) is 3.80. The summed E-state index contributed by atoms with van der Waals surface area (Å²) in [7, 11) is 0. The maximum atomic E-state index is 14.4. The molecule has 3 heterocycles. The summed E-state index contributed by atoms with van der Waals surface area (Å²) in [5, 5.41) is 12.8. The Morgan fingerprint density at radius 1 is 1.19 bits per heavy atom. The van der Waals surface area contributed by atoms with Crippen molar-refractivity contribution in [2.45, 2.75) is 6.92 Å². The van der Waals surface area contributed by atoms with Gasteiger partial charge in [-0.15, -0.1) is 0 Å². The number of likely N-dealkylation sites (tertiary alicyclic amines) is 2. The van der Waals surface area contributed by atoms with Gasteiger partial charge in [0.25, 0.3) is 11.8 Å². The molecule has 2 aliphatic heterocycles. The number of aromatic nitrogens is 2. The lowest BCUT2D eigenvalue weighted by atomic mass is 10.0. The second-order valence-electron chi connectivity index (χ2n) is 6.73. The molecule has 2 aliphatic rings. The zero-order valence-electron chi connectivity index (χ0n) is 14.1. The molecule has 1 aromatic carbocycles. The van der Waals surface area contributed by atoms with Crippen LogP contribution >= 0.6 is 0 Å². The Kier molecular flexibility index (Phi) is 3.86. The van der Waals surface area contributed by atoms with Gasteiger partial charge in [-0.1, -0.05) is 11.2 Å². The SMILES string of the molecule is Cc1noc(-c2c(F)cccc2C(=O)N2CC3CN(C(=O)O)CC3C2)n1. The lowest BCUT2D eigenvalue weighted by molar-refractivity contribution is 0.0774. The Morgan fingerprint density at radius 2 is 1.85 bits per heavy atom. The monoisotopic (exact) mass is 360 g/mol. The average Bonchev–Trinajstić information content (AvgIpc) is 3.28. The van der Waals surface area contributed by atoms with Crippen molar-refractivity contribution in [3.63, 3.8) is 0 Å². The van der Waals surface area contributed by atoms with Gasteiger partial charge < -0.3 is 19.4 Å². The Hall–Kier alpha value is -2.97. The van der Waals surface area contributed by atoms with Gasteiger partial charge in [0.2, 0.25) is 0 Å². The van der Waals surface area contributed by atoms with Crippen LogP contribution in [0.3, 0.4) is 0 Å². The van der Waals surface area contributed by atoms with Crippen LogP contribution in [0.5, 0.6) is 0 Å². The molecular formula is C17H17FN4O4. The molecule has 0 spiro atoms. The first-order chi connectivity index (χ1) is 12.4. The first-order valence-electron chi connectivity index (χ1n) is 8.30. The average molecular weight is 360 g/mol. The topological polar surface area (TPSA) is 99.8 Å². The van der Waals surface area contributed by atoms with E-state index in [1.165, 1.54) is 23.1 Å². The number of rotatable bonds is 2. The van der Waals surface area contributed by atoms with Crippen molar-refractivity contribution in [2.24, 2.45) is 11.8 Å². The van der Waals surface area contributed by atoms with Crippen molar-refractivity contribution in [1.29, 1.82) is 0 Å². The van der Waals surface area contributed by atoms with Gasteiger partial charge in [-0.2, -0.15) is 4.98 Å². The summed E-state index contributed by atoms with van der Waals surface area (Å²) in [5.74, 6) is -0.371.